The molecular weight excluding hydrogens is 327 g/mol. The second-order valence-corrected chi connectivity index (χ2v) is 8.37. The summed E-state index contributed by atoms with van der Waals surface area (Å²) in [5.41, 5.74) is -0.381. The zero-order valence-corrected chi connectivity index (χ0v) is 13.2. The van der Waals surface area contributed by atoms with Gasteiger partial charge in [0, 0.05) is 6.54 Å². The van der Waals surface area contributed by atoms with Crippen molar-refractivity contribution in [3.05, 3.63) is 59.7 Å². The Labute approximate surface area is 133 Å². The van der Waals surface area contributed by atoms with Gasteiger partial charge >= 0.3 is 6.18 Å². The molecule has 0 N–H and O–H groups in total. The van der Waals surface area contributed by atoms with Crippen LogP contribution in [0.15, 0.2) is 48.6 Å². The molecule has 0 bridgehead atoms. The van der Waals surface area contributed by atoms with E-state index < -0.39 is 32.6 Å². The van der Waals surface area contributed by atoms with Crippen LogP contribution in [0.25, 0.3) is 0 Å². The molecule has 0 saturated carbocycles. The lowest BCUT2D eigenvalue weighted by atomic mass is 10.0. The van der Waals surface area contributed by atoms with E-state index in [1.807, 2.05) is 0 Å². The number of halogens is 3. The summed E-state index contributed by atoms with van der Waals surface area (Å²) in [7, 11) is -3.62. The number of rotatable bonds is 3. The summed E-state index contributed by atoms with van der Waals surface area (Å²) < 4.78 is 64.1. The zero-order chi connectivity index (χ0) is 16.9. The fraction of sp³-hybridized carbons (Fsp3) is 0.375. The first-order chi connectivity index (χ1) is 10.7. The minimum atomic E-state index is -4.43. The number of benzene rings is 1. The van der Waals surface area contributed by atoms with Crippen LogP contribution < -0.4 is 0 Å². The van der Waals surface area contributed by atoms with E-state index in [1.165, 1.54) is 16.4 Å². The van der Waals surface area contributed by atoms with Crippen molar-refractivity contribution < 1.29 is 21.6 Å². The minimum Gasteiger partial charge on any atom is -0.211 e. The first kappa shape index (κ1) is 16.3. The van der Waals surface area contributed by atoms with Gasteiger partial charge in [-0.1, -0.05) is 36.4 Å². The van der Waals surface area contributed by atoms with Crippen LogP contribution in [0.5, 0.6) is 0 Å². The predicted octanol–water partition coefficient (Wildman–Crippen LogP) is 3.67. The monoisotopic (exact) mass is 343 g/mol. The maximum absolute atomic E-state index is 12.8. The molecule has 1 aromatic carbocycles. The highest BCUT2D eigenvalue weighted by Crippen LogP contribution is 2.44. The molecule has 3 rings (SSSR count). The molecule has 2 aliphatic rings. The summed E-state index contributed by atoms with van der Waals surface area (Å²) in [6, 6.07) is 4.35. The third-order valence-electron chi connectivity index (χ3n) is 4.28. The maximum atomic E-state index is 12.8. The van der Waals surface area contributed by atoms with Crippen LogP contribution in [-0.2, 0) is 16.2 Å². The van der Waals surface area contributed by atoms with Crippen molar-refractivity contribution in [2.75, 3.05) is 6.54 Å². The van der Waals surface area contributed by atoms with E-state index in [0.717, 1.165) is 12.1 Å². The highest BCUT2D eigenvalue weighted by molar-refractivity contribution is 7.90. The van der Waals surface area contributed by atoms with Crippen molar-refractivity contribution in [2.24, 2.45) is 0 Å². The van der Waals surface area contributed by atoms with Crippen molar-refractivity contribution in [3.63, 3.8) is 0 Å². The Hall–Kier alpha value is -1.60. The van der Waals surface area contributed by atoms with Crippen molar-refractivity contribution in [2.45, 2.75) is 30.3 Å². The van der Waals surface area contributed by atoms with Gasteiger partial charge < -0.3 is 0 Å². The van der Waals surface area contributed by atoms with Gasteiger partial charge in [-0.2, -0.15) is 17.5 Å². The van der Waals surface area contributed by atoms with Gasteiger partial charge in [0.2, 0.25) is 10.0 Å². The Kier molecular flexibility index (Phi) is 3.68. The largest absolute Gasteiger partial charge is 0.416 e. The van der Waals surface area contributed by atoms with E-state index in [9.17, 15) is 21.6 Å². The molecule has 1 aliphatic heterocycles. The molecule has 1 saturated heterocycles. The molecule has 1 fully saturated rings. The lowest BCUT2D eigenvalue weighted by Gasteiger charge is -2.27. The van der Waals surface area contributed by atoms with Gasteiger partial charge in [0.25, 0.3) is 0 Å². The molecule has 0 amide bonds. The molecule has 1 aliphatic carbocycles. The zero-order valence-electron chi connectivity index (χ0n) is 12.4. The molecule has 0 aromatic heterocycles. The van der Waals surface area contributed by atoms with E-state index in [4.69, 9.17) is 0 Å². The van der Waals surface area contributed by atoms with Gasteiger partial charge in [0.05, 0.1) is 11.6 Å². The topological polar surface area (TPSA) is 37.1 Å². The Morgan fingerprint density at radius 2 is 2.00 bits per heavy atom. The number of hydrogen-bond donors (Lipinski definition) is 0. The van der Waals surface area contributed by atoms with Crippen molar-refractivity contribution in [1.29, 1.82) is 0 Å². The Morgan fingerprint density at radius 3 is 2.61 bits per heavy atom. The van der Waals surface area contributed by atoms with Crippen LogP contribution in [0.2, 0.25) is 0 Å². The van der Waals surface area contributed by atoms with Crippen molar-refractivity contribution >= 4 is 10.0 Å². The van der Waals surface area contributed by atoms with E-state index in [1.54, 1.807) is 31.2 Å². The van der Waals surface area contributed by atoms with Crippen LogP contribution >= 0.6 is 0 Å². The lowest BCUT2D eigenvalue weighted by molar-refractivity contribution is -0.137. The third kappa shape index (κ3) is 2.83. The molecule has 0 spiro atoms. The molecule has 3 unspecified atom stereocenters. The number of nitrogens with zero attached hydrogens (tertiary/aromatic N) is 1. The van der Waals surface area contributed by atoms with Crippen LogP contribution in [-0.4, -0.2) is 24.0 Å². The molecule has 23 heavy (non-hydrogen) atoms. The number of sulfonamides is 1. The first-order valence-electron chi connectivity index (χ1n) is 7.18. The summed E-state index contributed by atoms with van der Waals surface area (Å²) in [4.78, 5) is 0. The number of alkyl halides is 3. The maximum Gasteiger partial charge on any atom is 0.416 e. The van der Waals surface area contributed by atoms with Crippen LogP contribution in [0.4, 0.5) is 13.2 Å². The molecule has 1 heterocycles. The molecule has 3 atom stereocenters. The second kappa shape index (κ2) is 5.21. The number of hydrogen-bond acceptors (Lipinski definition) is 2. The summed E-state index contributed by atoms with van der Waals surface area (Å²) in [5, 5.41) is 0. The molecule has 3 nitrogen and oxygen atoms in total. The molecule has 7 heteroatoms. The summed E-state index contributed by atoms with van der Waals surface area (Å²) in [6.45, 7) is 1.85. The summed E-state index contributed by atoms with van der Waals surface area (Å²) in [5.74, 6) is 0. The molecular formula is C16H16F3NO2S. The van der Waals surface area contributed by atoms with Crippen LogP contribution in [0, 0.1) is 0 Å². The van der Waals surface area contributed by atoms with Crippen LogP contribution in [0.3, 0.4) is 0 Å². The highest BCUT2D eigenvalue weighted by Gasteiger charge is 2.52. The Bertz CT molecular complexity index is 783. The standard InChI is InChI=1S/C16H16F3NO2S/c1-15(8-3-2-4-9-15)23(21,22)20-11-14(20)12-6-5-7-13(10-12)16(17,18)19/h2-8,10,14H,9,11H2,1H3. The fourth-order valence-corrected chi connectivity index (χ4v) is 4.64. The van der Waals surface area contributed by atoms with E-state index >= 15 is 0 Å². The molecule has 124 valence electrons. The van der Waals surface area contributed by atoms with Crippen LogP contribution in [0.1, 0.15) is 30.5 Å². The van der Waals surface area contributed by atoms with Crippen molar-refractivity contribution in [1.82, 2.24) is 4.31 Å². The summed E-state index contributed by atoms with van der Waals surface area (Å²) >= 11 is 0. The second-order valence-electron chi connectivity index (χ2n) is 6.02. The smallest absolute Gasteiger partial charge is 0.211 e. The number of allylic oxidation sites excluding steroid dienone is 3. The quantitative estimate of drug-likeness (QED) is 0.786. The Morgan fingerprint density at radius 1 is 1.26 bits per heavy atom. The van der Waals surface area contributed by atoms with Gasteiger partial charge in [-0.25, -0.2) is 8.42 Å². The predicted molar refractivity (Wildman–Crippen MR) is 81.1 cm³/mol. The average molecular weight is 343 g/mol. The Balaban J connectivity index is 1.85. The lowest BCUT2D eigenvalue weighted by Crippen LogP contribution is -2.38. The van der Waals surface area contributed by atoms with Gasteiger partial charge in [-0.3, -0.25) is 0 Å². The van der Waals surface area contributed by atoms with Gasteiger partial charge in [0.1, 0.15) is 4.75 Å². The molecule has 0 radical (unpaired) electrons. The third-order valence-corrected chi connectivity index (χ3v) is 6.79. The van der Waals surface area contributed by atoms with Gasteiger partial charge in [0.15, 0.2) is 0 Å². The van der Waals surface area contributed by atoms with E-state index in [2.05, 4.69) is 0 Å². The molecule has 1 aromatic rings. The van der Waals surface area contributed by atoms with E-state index in [-0.39, 0.29) is 6.54 Å². The van der Waals surface area contributed by atoms with Gasteiger partial charge in [-0.15, -0.1) is 0 Å². The first-order valence-corrected chi connectivity index (χ1v) is 8.62. The fourth-order valence-electron chi connectivity index (χ4n) is 2.75. The highest BCUT2D eigenvalue weighted by atomic mass is 32.2. The normalized spacial score (nSPS) is 30.4. The van der Waals surface area contributed by atoms with Crippen molar-refractivity contribution in [3.8, 4) is 0 Å². The minimum absolute atomic E-state index is 0.219. The summed E-state index contributed by atoms with van der Waals surface area (Å²) in [6.07, 6.45) is 2.80. The SMILES string of the molecule is CC1(S(=O)(=O)N2CC2c2cccc(C(F)(F)F)c2)C=CC=CC1. The van der Waals surface area contributed by atoms with Gasteiger partial charge in [-0.05, 0) is 31.0 Å². The average Bonchev–Trinajstić information content (AvgIpc) is 3.28. The van der Waals surface area contributed by atoms with E-state index in [0.29, 0.717) is 12.0 Å².